The largest absolute Gasteiger partial charge is 0.491 e. The van der Waals surface area contributed by atoms with E-state index in [9.17, 15) is 9.90 Å². The molecule has 0 saturated heterocycles. The lowest BCUT2D eigenvalue weighted by atomic mass is 10.1. The third-order valence-corrected chi connectivity index (χ3v) is 3.07. The molecule has 1 aliphatic rings. The molecular formula is C13H17NO3. The van der Waals surface area contributed by atoms with Gasteiger partial charge in [-0.3, -0.25) is 4.79 Å². The van der Waals surface area contributed by atoms with E-state index in [2.05, 4.69) is 0 Å². The van der Waals surface area contributed by atoms with E-state index in [4.69, 9.17) is 4.74 Å². The number of hydrogen-bond donors (Lipinski definition) is 1. The molecule has 2 unspecified atom stereocenters. The van der Waals surface area contributed by atoms with Crippen LogP contribution in [0.25, 0.3) is 0 Å². The number of rotatable bonds is 2. The van der Waals surface area contributed by atoms with Crippen molar-refractivity contribution in [3.05, 3.63) is 24.3 Å². The van der Waals surface area contributed by atoms with Crippen molar-refractivity contribution in [1.29, 1.82) is 0 Å². The van der Waals surface area contributed by atoms with Gasteiger partial charge in [-0.1, -0.05) is 12.1 Å². The van der Waals surface area contributed by atoms with Crippen LogP contribution >= 0.6 is 0 Å². The molecule has 0 bridgehead atoms. The lowest BCUT2D eigenvalue weighted by Gasteiger charge is -2.30. The Morgan fingerprint density at radius 1 is 1.35 bits per heavy atom. The molecular weight excluding hydrogens is 218 g/mol. The molecule has 0 aliphatic carbocycles. The van der Waals surface area contributed by atoms with Gasteiger partial charge in [0.1, 0.15) is 5.75 Å². The number of nitrogens with zero attached hydrogens (tertiary/aromatic N) is 1. The molecule has 1 heterocycles. The summed E-state index contributed by atoms with van der Waals surface area (Å²) in [6, 6.07) is 7.17. The van der Waals surface area contributed by atoms with Gasteiger partial charge in [0.2, 0.25) is 5.91 Å². The van der Waals surface area contributed by atoms with Gasteiger partial charge in [0, 0.05) is 0 Å². The fourth-order valence-electron chi connectivity index (χ4n) is 1.94. The molecule has 1 aromatic rings. The van der Waals surface area contributed by atoms with Gasteiger partial charge in [-0.05, 0) is 26.0 Å². The minimum absolute atomic E-state index is 0.0108. The van der Waals surface area contributed by atoms with Crippen molar-refractivity contribution in [2.24, 2.45) is 0 Å². The van der Waals surface area contributed by atoms with Gasteiger partial charge >= 0.3 is 0 Å². The second-order valence-electron chi connectivity index (χ2n) is 4.31. The Balaban J connectivity index is 2.43. The van der Waals surface area contributed by atoms with E-state index >= 15 is 0 Å². The molecule has 0 spiro atoms. The first-order valence-corrected chi connectivity index (χ1v) is 5.83. The molecule has 0 aromatic heterocycles. The maximum atomic E-state index is 12.1. The smallest absolute Gasteiger partial charge is 0.230 e. The van der Waals surface area contributed by atoms with Crippen molar-refractivity contribution in [1.82, 2.24) is 0 Å². The number of carbonyl (C=O) groups is 1. The molecule has 4 heteroatoms. The van der Waals surface area contributed by atoms with Crippen molar-refractivity contribution in [2.75, 3.05) is 11.5 Å². The van der Waals surface area contributed by atoms with E-state index in [-0.39, 0.29) is 11.9 Å². The van der Waals surface area contributed by atoms with Crippen LogP contribution in [0, 0.1) is 0 Å². The number of hydrogen-bond acceptors (Lipinski definition) is 3. The summed E-state index contributed by atoms with van der Waals surface area (Å²) in [5.41, 5.74) is 0.739. The number of aliphatic hydroxyl groups is 1. The van der Waals surface area contributed by atoms with E-state index in [1.165, 1.54) is 0 Å². The third kappa shape index (κ3) is 2.26. The summed E-state index contributed by atoms with van der Waals surface area (Å²) < 4.78 is 5.53. The molecule has 2 atom stereocenters. The van der Waals surface area contributed by atoms with Crippen LogP contribution in [0.4, 0.5) is 5.69 Å². The Morgan fingerprint density at radius 2 is 2.06 bits per heavy atom. The molecule has 1 N–H and O–H groups in total. The Morgan fingerprint density at radius 3 is 2.76 bits per heavy atom. The third-order valence-electron chi connectivity index (χ3n) is 3.07. The first-order valence-electron chi connectivity index (χ1n) is 5.83. The quantitative estimate of drug-likeness (QED) is 0.846. The van der Waals surface area contributed by atoms with Gasteiger partial charge < -0.3 is 14.7 Å². The Labute approximate surface area is 101 Å². The van der Waals surface area contributed by atoms with Crippen LogP contribution in [0.5, 0.6) is 5.75 Å². The SMILES string of the molecule is CC(O)C(C)N1C(=O)CCOc2ccccc21. The number of anilines is 1. The summed E-state index contributed by atoms with van der Waals surface area (Å²) in [5, 5.41) is 9.67. The van der Waals surface area contributed by atoms with E-state index in [0.29, 0.717) is 18.8 Å². The summed E-state index contributed by atoms with van der Waals surface area (Å²) in [7, 11) is 0. The monoisotopic (exact) mass is 235 g/mol. The number of ether oxygens (including phenoxy) is 1. The van der Waals surface area contributed by atoms with Crippen LogP contribution in [-0.4, -0.2) is 29.8 Å². The van der Waals surface area contributed by atoms with Gasteiger partial charge in [0.05, 0.1) is 30.9 Å². The van der Waals surface area contributed by atoms with Crippen molar-refractivity contribution in [3.8, 4) is 5.75 Å². The predicted octanol–water partition coefficient (Wildman–Crippen LogP) is 1.57. The maximum Gasteiger partial charge on any atom is 0.230 e. The number of carbonyl (C=O) groups excluding carboxylic acids is 1. The number of benzene rings is 1. The molecule has 2 rings (SSSR count). The second-order valence-corrected chi connectivity index (χ2v) is 4.31. The maximum absolute atomic E-state index is 12.1. The molecule has 1 aromatic carbocycles. The van der Waals surface area contributed by atoms with Gasteiger partial charge in [0.25, 0.3) is 0 Å². The van der Waals surface area contributed by atoms with Gasteiger partial charge in [-0.2, -0.15) is 0 Å². The van der Waals surface area contributed by atoms with Gasteiger partial charge in [0.15, 0.2) is 0 Å². The van der Waals surface area contributed by atoms with Crippen molar-refractivity contribution in [3.63, 3.8) is 0 Å². The topological polar surface area (TPSA) is 49.8 Å². The van der Waals surface area contributed by atoms with Gasteiger partial charge in [-0.25, -0.2) is 0 Å². The number of para-hydroxylation sites is 2. The summed E-state index contributed by atoms with van der Waals surface area (Å²) in [6.07, 6.45) is -0.240. The van der Waals surface area contributed by atoms with Crippen molar-refractivity contribution >= 4 is 11.6 Å². The molecule has 1 amide bonds. The highest BCUT2D eigenvalue weighted by atomic mass is 16.5. The Bertz CT molecular complexity index is 417. The van der Waals surface area contributed by atoms with Crippen molar-refractivity contribution in [2.45, 2.75) is 32.4 Å². The molecule has 4 nitrogen and oxygen atoms in total. The van der Waals surface area contributed by atoms with Crippen LogP contribution in [0.2, 0.25) is 0 Å². The zero-order chi connectivity index (χ0) is 12.4. The van der Waals surface area contributed by atoms with Crippen LogP contribution in [0.15, 0.2) is 24.3 Å². The summed E-state index contributed by atoms with van der Waals surface area (Å²) in [5.74, 6) is 0.689. The van der Waals surface area contributed by atoms with E-state index in [1.54, 1.807) is 11.8 Å². The van der Waals surface area contributed by atoms with Crippen LogP contribution in [-0.2, 0) is 4.79 Å². The summed E-state index contributed by atoms with van der Waals surface area (Å²) >= 11 is 0. The van der Waals surface area contributed by atoms with E-state index in [0.717, 1.165) is 5.69 Å². The molecule has 92 valence electrons. The highest BCUT2D eigenvalue weighted by Crippen LogP contribution is 2.32. The minimum atomic E-state index is -0.579. The zero-order valence-corrected chi connectivity index (χ0v) is 10.1. The first kappa shape index (κ1) is 11.9. The molecule has 1 aliphatic heterocycles. The Hall–Kier alpha value is -1.55. The first-order chi connectivity index (χ1) is 8.11. The predicted molar refractivity (Wildman–Crippen MR) is 65.2 cm³/mol. The molecule has 0 radical (unpaired) electrons. The van der Waals surface area contributed by atoms with E-state index in [1.807, 2.05) is 31.2 Å². The second kappa shape index (κ2) is 4.75. The van der Waals surface area contributed by atoms with Crippen molar-refractivity contribution < 1.29 is 14.6 Å². The number of aliphatic hydroxyl groups excluding tert-OH is 1. The molecule has 0 saturated carbocycles. The lowest BCUT2D eigenvalue weighted by molar-refractivity contribution is -0.119. The summed E-state index contributed by atoms with van der Waals surface area (Å²) in [4.78, 5) is 13.7. The fourth-order valence-corrected chi connectivity index (χ4v) is 1.94. The van der Waals surface area contributed by atoms with Gasteiger partial charge in [-0.15, -0.1) is 0 Å². The van der Waals surface area contributed by atoms with Crippen LogP contribution < -0.4 is 9.64 Å². The summed E-state index contributed by atoms with van der Waals surface area (Å²) in [6.45, 7) is 3.91. The highest BCUT2D eigenvalue weighted by Gasteiger charge is 2.29. The van der Waals surface area contributed by atoms with E-state index < -0.39 is 6.10 Å². The van der Waals surface area contributed by atoms with Crippen LogP contribution in [0.3, 0.4) is 0 Å². The Kier molecular flexibility index (Phi) is 3.33. The normalized spacial score (nSPS) is 19.0. The minimum Gasteiger partial charge on any atom is -0.491 e. The van der Waals surface area contributed by atoms with Crippen LogP contribution in [0.1, 0.15) is 20.3 Å². The average molecular weight is 235 g/mol. The standard InChI is InChI=1S/C13H17NO3/c1-9(10(2)15)14-11-5-3-4-6-12(11)17-8-7-13(14)16/h3-6,9-10,15H,7-8H2,1-2H3. The highest BCUT2D eigenvalue weighted by molar-refractivity contribution is 5.96. The zero-order valence-electron chi connectivity index (χ0n) is 10.1. The average Bonchev–Trinajstić information content (AvgIpc) is 2.46. The number of amides is 1. The fraction of sp³-hybridized carbons (Fsp3) is 0.462. The lowest BCUT2D eigenvalue weighted by Crippen LogP contribution is -2.44. The number of fused-ring (bicyclic) bond motifs is 1. The molecule has 0 fully saturated rings. The molecule has 17 heavy (non-hydrogen) atoms.